The van der Waals surface area contributed by atoms with E-state index >= 15 is 0 Å². The SMILES string of the molecule is Fc1ccc(Oc2ccccc2C2N=NCC2c2ccc(F)cc2)cc1. The second-order valence-electron chi connectivity index (χ2n) is 6.14. The minimum Gasteiger partial charge on any atom is -0.457 e. The van der Waals surface area contributed by atoms with Crippen LogP contribution >= 0.6 is 0 Å². The van der Waals surface area contributed by atoms with Gasteiger partial charge in [0.15, 0.2) is 0 Å². The number of hydrogen-bond acceptors (Lipinski definition) is 3. The smallest absolute Gasteiger partial charge is 0.132 e. The molecule has 1 aliphatic heterocycles. The molecule has 3 nitrogen and oxygen atoms in total. The number of benzene rings is 3. The van der Waals surface area contributed by atoms with Crippen molar-refractivity contribution in [2.24, 2.45) is 10.2 Å². The predicted octanol–water partition coefficient (Wildman–Crippen LogP) is 6.05. The fourth-order valence-electron chi connectivity index (χ4n) is 3.13. The molecule has 0 spiro atoms. The third kappa shape index (κ3) is 3.33. The van der Waals surface area contributed by atoms with Crippen LogP contribution in [-0.2, 0) is 0 Å². The molecule has 2 atom stereocenters. The molecule has 1 heterocycles. The van der Waals surface area contributed by atoms with Gasteiger partial charge in [-0.1, -0.05) is 30.3 Å². The molecule has 0 amide bonds. The maximum Gasteiger partial charge on any atom is 0.132 e. The van der Waals surface area contributed by atoms with E-state index in [4.69, 9.17) is 4.74 Å². The van der Waals surface area contributed by atoms with Gasteiger partial charge in [0.2, 0.25) is 0 Å². The van der Waals surface area contributed by atoms with Crippen molar-refractivity contribution < 1.29 is 13.5 Å². The van der Waals surface area contributed by atoms with Gasteiger partial charge in [-0.3, -0.25) is 0 Å². The molecule has 3 aromatic rings. The van der Waals surface area contributed by atoms with Gasteiger partial charge in [-0.25, -0.2) is 8.78 Å². The Morgan fingerprint density at radius 1 is 0.808 bits per heavy atom. The van der Waals surface area contributed by atoms with Crippen LogP contribution in [0.3, 0.4) is 0 Å². The molecule has 0 aliphatic carbocycles. The number of nitrogens with zero attached hydrogens (tertiary/aromatic N) is 2. The van der Waals surface area contributed by atoms with Crippen LogP contribution in [0.5, 0.6) is 11.5 Å². The van der Waals surface area contributed by atoms with Crippen LogP contribution in [0.25, 0.3) is 0 Å². The Morgan fingerprint density at radius 2 is 1.46 bits per heavy atom. The second-order valence-corrected chi connectivity index (χ2v) is 6.14. The Morgan fingerprint density at radius 3 is 2.19 bits per heavy atom. The van der Waals surface area contributed by atoms with E-state index in [0.717, 1.165) is 11.1 Å². The van der Waals surface area contributed by atoms with E-state index in [-0.39, 0.29) is 23.6 Å². The molecule has 26 heavy (non-hydrogen) atoms. The average molecular weight is 350 g/mol. The van der Waals surface area contributed by atoms with Crippen molar-refractivity contribution in [1.29, 1.82) is 0 Å². The highest BCUT2D eigenvalue weighted by molar-refractivity contribution is 5.42. The van der Waals surface area contributed by atoms with E-state index in [2.05, 4.69) is 10.2 Å². The summed E-state index contributed by atoms with van der Waals surface area (Å²) in [6.45, 7) is 0.543. The van der Waals surface area contributed by atoms with E-state index in [1.165, 1.54) is 24.3 Å². The maximum absolute atomic E-state index is 13.2. The van der Waals surface area contributed by atoms with Crippen LogP contribution in [0.2, 0.25) is 0 Å². The first-order valence-electron chi connectivity index (χ1n) is 8.35. The van der Waals surface area contributed by atoms with Crippen molar-refractivity contribution in [1.82, 2.24) is 0 Å². The van der Waals surface area contributed by atoms with E-state index in [1.54, 1.807) is 24.3 Å². The molecule has 130 valence electrons. The highest BCUT2D eigenvalue weighted by Gasteiger charge is 2.31. The van der Waals surface area contributed by atoms with Crippen molar-refractivity contribution in [2.75, 3.05) is 6.54 Å². The molecular weight excluding hydrogens is 334 g/mol. The Hall–Kier alpha value is -3.08. The van der Waals surface area contributed by atoms with E-state index in [9.17, 15) is 8.78 Å². The van der Waals surface area contributed by atoms with E-state index in [0.29, 0.717) is 18.0 Å². The topological polar surface area (TPSA) is 34.0 Å². The molecule has 2 unspecified atom stereocenters. The lowest BCUT2D eigenvalue weighted by Gasteiger charge is -2.20. The summed E-state index contributed by atoms with van der Waals surface area (Å²) in [5, 5.41) is 8.60. The third-order valence-corrected chi connectivity index (χ3v) is 4.44. The summed E-state index contributed by atoms with van der Waals surface area (Å²) in [4.78, 5) is 0. The third-order valence-electron chi connectivity index (χ3n) is 4.44. The second kappa shape index (κ2) is 7.04. The first kappa shape index (κ1) is 16.4. The molecule has 0 saturated heterocycles. The first-order chi connectivity index (χ1) is 12.7. The molecule has 3 aromatic carbocycles. The largest absolute Gasteiger partial charge is 0.457 e. The molecule has 0 radical (unpaired) electrons. The van der Waals surface area contributed by atoms with Gasteiger partial charge in [-0.2, -0.15) is 10.2 Å². The van der Waals surface area contributed by atoms with Gasteiger partial charge in [-0.05, 0) is 48.0 Å². The first-order valence-corrected chi connectivity index (χ1v) is 8.35. The normalized spacial score (nSPS) is 18.8. The summed E-state index contributed by atoms with van der Waals surface area (Å²) in [7, 11) is 0. The molecule has 0 N–H and O–H groups in total. The fourth-order valence-corrected chi connectivity index (χ4v) is 3.13. The highest BCUT2D eigenvalue weighted by Crippen LogP contribution is 2.43. The molecule has 5 heteroatoms. The quantitative estimate of drug-likeness (QED) is 0.564. The molecule has 4 rings (SSSR count). The van der Waals surface area contributed by atoms with Crippen LogP contribution < -0.4 is 4.74 Å². The summed E-state index contributed by atoms with van der Waals surface area (Å²) in [5.41, 5.74) is 1.88. The van der Waals surface area contributed by atoms with Gasteiger partial charge in [-0.15, -0.1) is 0 Å². The summed E-state index contributed by atoms with van der Waals surface area (Å²) < 4.78 is 32.3. The van der Waals surface area contributed by atoms with Crippen molar-refractivity contribution in [3.05, 3.63) is 95.6 Å². The van der Waals surface area contributed by atoms with Crippen LogP contribution in [0, 0.1) is 11.6 Å². The van der Waals surface area contributed by atoms with Crippen molar-refractivity contribution in [3.8, 4) is 11.5 Å². The Labute approximate surface area is 150 Å². The Kier molecular flexibility index (Phi) is 4.44. The lowest BCUT2D eigenvalue weighted by atomic mass is 9.88. The zero-order valence-electron chi connectivity index (χ0n) is 13.8. The summed E-state index contributed by atoms with van der Waals surface area (Å²) >= 11 is 0. The van der Waals surface area contributed by atoms with Crippen molar-refractivity contribution in [3.63, 3.8) is 0 Å². The summed E-state index contributed by atoms with van der Waals surface area (Å²) in [5.74, 6) is 0.640. The van der Waals surface area contributed by atoms with Gasteiger partial charge in [0.1, 0.15) is 29.2 Å². The molecule has 1 aliphatic rings. The van der Waals surface area contributed by atoms with Crippen molar-refractivity contribution >= 4 is 0 Å². The minimum atomic E-state index is -0.313. The van der Waals surface area contributed by atoms with Gasteiger partial charge in [0.25, 0.3) is 0 Å². The highest BCUT2D eigenvalue weighted by atomic mass is 19.1. The van der Waals surface area contributed by atoms with Gasteiger partial charge in [0.05, 0.1) is 6.54 Å². The minimum absolute atomic E-state index is 0.0218. The predicted molar refractivity (Wildman–Crippen MR) is 94.5 cm³/mol. The van der Waals surface area contributed by atoms with Gasteiger partial charge < -0.3 is 4.74 Å². The molecule has 0 bridgehead atoms. The van der Waals surface area contributed by atoms with Crippen molar-refractivity contribution in [2.45, 2.75) is 12.0 Å². The standard InChI is InChI=1S/C21H16F2N2O/c22-15-7-5-14(6-8-15)19-13-24-25-21(19)18-3-1-2-4-20(18)26-17-11-9-16(23)10-12-17/h1-12,19,21H,13H2. The monoisotopic (exact) mass is 350 g/mol. The zero-order valence-corrected chi connectivity index (χ0v) is 13.8. The summed E-state index contributed by atoms with van der Waals surface area (Å²) in [6, 6.07) is 19.7. The van der Waals surface area contributed by atoms with Crippen LogP contribution in [0.4, 0.5) is 8.78 Å². The maximum atomic E-state index is 13.2. The van der Waals surface area contributed by atoms with Gasteiger partial charge in [0, 0.05) is 11.5 Å². The average Bonchev–Trinajstić information content (AvgIpc) is 3.14. The lowest BCUT2D eigenvalue weighted by molar-refractivity contribution is 0.464. The Balaban J connectivity index is 1.65. The lowest BCUT2D eigenvalue weighted by Crippen LogP contribution is -2.09. The van der Waals surface area contributed by atoms with Crippen LogP contribution in [0.15, 0.2) is 83.0 Å². The zero-order chi connectivity index (χ0) is 17.9. The van der Waals surface area contributed by atoms with Crippen LogP contribution in [0.1, 0.15) is 23.1 Å². The number of halogens is 2. The molecule has 0 fully saturated rings. The summed E-state index contributed by atoms with van der Waals surface area (Å²) in [6.07, 6.45) is 0. The number of ether oxygens (including phenoxy) is 1. The van der Waals surface area contributed by atoms with Crippen LogP contribution in [-0.4, -0.2) is 6.54 Å². The number of hydrogen-bond donors (Lipinski definition) is 0. The number of azo groups is 1. The fraction of sp³-hybridized carbons (Fsp3) is 0.143. The molecular formula is C21H16F2N2O. The molecule has 0 aromatic heterocycles. The Bertz CT molecular complexity index is 924. The van der Waals surface area contributed by atoms with Gasteiger partial charge >= 0.3 is 0 Å². The number of para-hydroxylation sites is 1. The van der Waals surface area contributed by atoms with E-state index < -0.39 is 0 Å². The molecule has 0 saturated carbocycles. The number of rotatable bonds is 4. The van der Waals surface area contributed by atoms with E-state index in [1.807, 2.05) is 24.3 Å².